The second-order valence-electron chi connectivity index (χ2n) is 4.58. The van der Waals surface area contributed by atoms with E-state index in [0.717, 1.165) is 10.8 Å². The summed E-state index contributed by atoms with van der Waals surface area (Å²) in [6.07, 6.45) is 0. The van der Waals surface area contributed by atoms with Gasteiger partial charge in [-0.05, 0) is 29.1 Å². The first kappa shape index (κ1) is 12.6. The fourth-order valence-corrected chi connectivity index (χ4v) is 2.21. The van der Waals surface area contributed by atoms with Crippen LogP contribution in [0, 0.1) is 5.82 Å². The van der Waals surface area contributed by atoms with E-state index in [9.17, 15) is 4.39 Å². The molecule has 2 N–H and O–H groups in total. The summed E-state index contributed by atoms with van der Waals surface area (Å²) in [6.45, 7) is 0.281. The Hall–Kier alpha value is -2.39. The van der Waals surface area contributed by atoms with E-state index >= 15 is 0 Å². The largest absolute Gasteiger partial charge is 0.457 e. The number of nitrogens with two attached hydrogens (primary N) is 1. The predicted molar refractivity (Wildman–Crippen MR) is 78.3 cm³/mol. The Balaban J connectivity index is 2.03. The molecule has 0 aliphatic rings. The zero-order chi connectivity index (χ0) is 13.9. The lowest BCUT2D eigenvalue weighted by Crippen LogP contribution is -1.97. The van der Waals surface area contributed by atoms with Gasteiger partial charge in [0.05, 0.1) is 0 Å². The summed E-state index contributed by atoms with van der Waals surface area (Å²) in [5.41, 5.74) is 6.26. The molecule has 3 aromatic rings. The van der Waals surface area contributed by atoms with Crippen molar-refractivity contribution in [2.24, 2.45) is 5.73 Å². The van der Waals surface area contributed by atoms with Crippen LogP contribution in [0.25, 0.3) is 10.8 Å². The van der Waals surface area contributed by atoms with Crippen LogP contribution in [0.5, 0.6) is 11.5 Å². The summed E-state index contributed by atoms with van der Waals surface area (Å²) in [5, 5.41) is 2.08. The molecule has 0 radical (unpaired) electrons. The summed E-state index contributed by atoms with van der Waals surface area (Å²) in [5.74, 6) is 0.821. The molecule has 0 heterocycles. The van der Waals surface area contributed by atoms with Crippen molar-refractivity contribution in [2.45, 2.75) is 6.54 Å². The fraction of sp³-hybridized carbons (Fsp3) is 0.0588. The molecule has 0 saturated heterocycles. The Bertz CT molecular complexity index is 750. The van der Waals surface area contributed by atoms with Crippen LogP contribution in [0.3, 0.4) is 0 Å². The molecule has 3 aromatic carbocycles. The van der Waals surface area contributed by atoms with Crippen molar-refractivity contribution in [3.63, 3.8) is 0 Å². The van der Waals surface area contributed by atoms with E-state index in [0.29, 0.717) is 17.1 Å². The standard InChI is InChI=1S/C17H14FNO/c18-14-8-12(11-19)9-15(10-14)20-17-7-3-5-13-4-1-2-6-16(13)17/h1-10H,11,19H2. The Labute approximate surface area is 116 Å². The van der Waals surface area contributed by atoms with Crippen LogP contribution in [0.15, 0.2) is 60.7 Å². The number of ether oxygens (including phenoxy) is 1. The van der Waals surface area contributed by atoms with E-state index in [4.69, 9.17) is 10.5 Å². The zero-order valence-corrected chi connectivity index (χ0v) is 10.8. The van der Waals surface area contributed by atoms with Crippen molar-refractivity contribution in [3.05, 3.63) is 72.0 Å². The molecule has 0 aliphatic heterocycles. The van der Waals surface area contributed by atoms with Gasteiger partial charge in [0, 0.05) is 18.0 Å². The molecule has 2 nitrogen and oxygen atoms in total. The maximum atomic E-state index is 13.5. The van der Waals surface area contributed by atoms with E-state index in [2.05, 4.69) is 0 Å². The normalized spacial score (nSPS) is 10.7. The molecule has 3 heteroatoms. The fourth-order valence-electron chi connectivity index (χ4n) is 2.21. The second kappa shape index (κ2) is 5.31. The highest BCUT2D eigenvalue weighted by Gasteiger charge is 2.05. The third kappa shape index (κ3) is 2.49. The van der Waals surface area contributed by atoms with Gasteiger partial charge < -0.3 is 10.5 Å². The minimum atomic E-state index is -0.344. The van der Waals surface area contributed by atoms with Crippen molar-refractivity contribution in [2.75, 3.05) is 0 Å². The van der Waals surface area contributed by atoms with E-state index in [1.807, 2.05) is 42.5 Å². The van der Waals surface area contributed by atoms with Gasteiger partial charge in [-0.25, -0.2) is 4.39 Å². The van der Waals surface area contributed by atoms with Crippen molar-refractivity contribution in [1.29, 1.82) is 0 Å². The molecular weight excluding hydrogens is 253 g/mol. The maximum Gasteiger partial charge on any atom is 0.135 e. The lowest BCUT2D eigenvalue weighted by Gasteiger charge is -2.10. The molecule has 0 aliphatic carbocycles. The van der Waals surface area contributed by atoms with Gasteiger partial charge in [-0.1, -0.05) is 36.4 Å². The second-order valence-corrected chi connectivity index (χ2v) is 4.58. The summed E-state index contributed by atoms with van der Waals surface area (Å²) >= 11 is 0. The lowest BCUT2D eigenvalue weighted by molar-refractivity contribution is 0.481. The number of hydrogen-bond acceptors (Lipinski definition) is 2. The Morgan fingerprint density at radius 2 is 1.75 bits per heavy atom. The van der Waals surface area contributed by atoms with Crippen molar-refractivity contribution < 1.29 is 9.13 Å². The van der Waals surface area contributed by atoms with Crippen LogP contribution in [0.2, 0.25) is 0 Å². The van der Waals surface area contributed by atoms with Gasteiger partial charge in [0.1, 0.15) is 17.3 Å². The van der Waals surface area contributed by atoms with E-state index in [-0.39, 0.29) is 12.4 Å². The molecule has 100 valence electrons. The maximum absolute atomic E-state index is 13.5. The number of halogens is 1. The van der Waals surface area contributed by atoms with Crippen LogP contribution >= 0.6 is 0 Å². The number of hydrogen-bond donors (Lipinski definition) is 1. The van der Waals surface area contributed by atoms with Gasteiger partial charge in [-0.15, -0.1) is 0 Å². The first-order valence-corrected chi connectivity index (χ1v) is 6.41. The van der Waals surface area contributed by atoms with Gasteiger partial charge >= 0.3 is 0 Å². The van der Waals surface area contributed by atoms with Crippen molar-refractivity contribution >= 4 is 10.8 Å². The van der Waals surface area contributed by atoms with E-state index in [1.54, 1.807) is 6.07 Å². The third-order valence-corrected chi connectivity index (χ3v) is 3.14. The number of rotatable bonds is 3. The summed E-state index contributed by atoms with van der Waals surface area (Å²) < 4.78 is 19.3. The van der Waals surface area contributed by atoms with Crippen LogP contribution in [0.1, 0.15) is 5.56 Å². The summed E-state index contributed by atoms with van der Waals surface area (Å²) in [4.78, 5) is 0. The first-order valence-electron chi connectivity index (χ1n) is 6.41. The van der Waals surface area contributed by atoms with E-state index in [1.165, 1.54) is 12.1 Å². The van der Waals surface area contributed by atoms with Crippen LogP contribution in [0.4, 0.5) is 4.39 Å². The zero-order valence-electron chi connectivity index (χ0n) is 10.8. The highest BCUT2D eigenvalue weighted by molar-refractivity contribution is 5.88. The molecule has 0 amide bonds. The summed E-state index contributed by atoms with van der Waals surface area (Å²) in [7, 11) is 0. The molecule has 0 fully saturated rings. The smallest absolute Gasteiger partial charge is 0.135 e. The molecule has 0 unspecified atom stereocenters. The molecule has 0 atom stereocenters. The van der Waals surface area contributed by atoms with Gasteiger partial charge in [-0.2, -0.15) is 0 Å². The van der Waals surface area contributed by atoms with E-state index < -0.39 is 0 Å². The highest BCUT2D eigenvalue weighted by atomic mass is 19.1. The molecule has 20 heavy (non-hydrogen) atoms. The Kier molecular flexibility index (Phi) is 3.35. The minimum Gasteiger partial charge on any atom is -0.457 e. The number of benzene rings is 3. The SMILES string of the molecule is NCc1cc(F)cc(Oc2cccc3ccccc23)c1. The van der Waals surface area contributed by atoms with Crippen LogP contribution in [-0.4, -0.2) is 0 Å². The molecule has 3 rings (SSSR count). The predicted octanol–water partition coefficient (Wildman–Crippen LogP) is 4.23. The van der Waals surface area contributed by atoms with Gasteiger partial charge in [-0.3, -0.25) is 0 Å². The monoisotopic (exact) mass is 267 g/mol. The van der Waals surface area contributed by atoms with Gasteiger partial charge in [0.15, 0.2) is 0 Å². The molecular formula is C17H14FNO. The third-order valence-electron chi connectivity index (χ3n) is 3.14. The average Bonchev–Trinajstić information content (AvgIpc) is 2.47. The van der Waals surface area contributed by atoms with Gasteiger partial charge in [0.25, 0.3) is 0 Å². The molecule has 0 spiro atoms. The molecule has 0 saturated carbocycles. The minimum absolute atomic E-state index is 0.281. The molecule has 0 bridgehead atoms. The summed E-state index contributed by atoms with van der Waals surface area (Å²) in [6, 6.07) is 18.2. The topological polar surface area (TPSA) is 35.2 Å². The Morgan fingerprint density at radius 1 is 0.950 bits per heavy atom. The van der Waals surface area contributed by atoms with Crippen LogP contribution < -0.4 is 10.5 Å². The van der Waals surface area contributed by atoms with Crippen molar-refractivity contribution in [3.8, 4) is 11.5 Å². The number of fused-ring (bicyclic) bond motifs is 1. The van der Waals surface area contributed by atoms with Crippen molar-refractivity contribution in [1.82, 2.24) is 0 Å². The van der Waals surface area contributed by atoms with Crippen LogP contribution in [-0.2, 0) is 6.54 Å². The average molecular weight is 267 g/mol. The lowest BCUT2D eigenvalue weighted by atomic mass is 10.1. The van der Waals surface area contributed by atoms with Gasteiger partial charge in [0.2, 0.25) is 0 Å². The first-order chi connectivity index (χ1) is 9.76. The Morgan fingerprint density at radius 3 is 2.60 bits per heavy atom. The highest BCUT2D eigenvalue weighted by Crippen LogP contribution is 2.30. The molecule has 0 aromatic heterocycles. The quantitative estimate of drug-likeness (QED) is 0.770.